The first kappa shape index (κ1) is 13.0. The number of nitrogen functional groups attached to an aromatic ring is 1. The van der Waals surface area contributed by atoms with Crippen LogP contribution in [-0.2, 0) is 6.54 Å². The fourth-order valence-corrected chi connectivity index (χ4v) is 3.35. The van der Waals surface area contributed by atoms with E-state index in [2.05, 4.69) is 5.32 Å². The van der Waals surface area contributed by atoms with Gasteiger partial charge in [0.05, 0.1) is 23.2 Å². The van der Waals surface area contributed by atoms with Gasteiger partial charge in [-0.3, -0.25) is 4.79 Å². The van der Waals surface area contributed by atoms with Crippen LogP contribution in [0.5, 0.6) is 0 Å². The zero-order valence-electron chi connectivity index (χ0n) is 10.4. The van der Waals surface area contributed by atoms with Crippen LogP contribution in [0.2, 0.25) is 5.02 Å². The summed E-state index contributed by atoms with van der Waals surface area (Å²) in [6, 6.07) is 7.30. The summed E-state index contributed by atoms with van der Waals surface area (Å²) in [6.45, 7) is 0.400. The number of nitrogens with one attached hydrogen (secondary N) is 1. The summed E-state index contributed by atoms with van der Waals surface area (Å²) in [7, 11) is 0. The molecule has 6 heteroatoms. The Kier molecular flexibility index (Phi) is 3.38. The van der Waals surface area contributed by atoms with Gasteiger partial charge in [0.15, 0.2) is 0 Å². The van der Waals surface area contributed by atoms with Crippen molar-refractivity contribution in [3.8, 4) is 0 Å². The second-order valence-electron chi connectivity index (χ2n) is 4.27. The molecule has 102 valence electrons. The van der Waals surface area contributed by atoms with Crippen LogP contribution in [-0.4, -0.2) is 5.91 Å². The number of hydrogen-bond donors (Lipinski definition) is 2. The van der Waals surface area contributed by atoms with E-state index in [0.29, 0.717) is 22.1 Å². The monoisotopic (exact) mass is 306 g/mol. The quantitative estimate of drug-likeness (QED) is 0.776. The maximum Gasteiger partial charge on any atom is 0.263 e. The third kappa shape index (κ3) is 2.26. The zero-order chi connectivity index (χ0) is 14.1. The minimum absolute atomic E-state index is 0.207. The number of carbonyl (C=O) groups is 1. The Hall–Kier alpha value is -1.98. The van der Waals surface area contributed by atoms with E-state index in [4.69, 9.17) is 21.8 Å². The number of benzene rings is 1. The molecule has 4 nitrogen and oxygen atoms in total. The molecule has 0 atom stereocenters. The van der Waals surface area contributed by atoms with E-state index in [-0.39, 0.29) is 5.91 Å². The van der Waals surface area contributed by atoms with Gasteiger partial charge in [-0.15, -0.1) is 11.3 Å². The zero-order valence-corrected chi connectivity index (χ0v) is 11.9. The molecule has 3 rings (SSSR count). The standard InChI is InChI=1S/C14H11ClN2O2S/c15-9-2-1-3-10-11(9)12(16)13(20-10)14(18)17-6-8-4-5-19-7-8/h1-5,7H,6,16H2,(H,17,18). The van der Waals surface area contributed by atoms with Crippen molar-refractivity contribution in [2.24, 2.45) is 0 Å². The summed E-state index contributed by atoms with van der Waals surface area (Å²) in [5.41, 5.74) is 7.37. The fraction of sp³-hybridized carbons (Fsp3) is 0.0714. The first-order valence-electron chi connectivity index (χ1n) is 5.92. The molecule has 0 radical (unpaired) electrons. The molecule has 0 spiro atoms. The van der Waals surface area contributed by atoms with E-state index >= 15 is 0 Å². The van der Waals surface area contributed by atoms with Gasteiger partial charge in [0.2, 0.25) is 0 Å². The second-order valence-corrected chi connectivity index (χ2v) is 5.73. The van der Waals surface area contributed by atoms with Crippen LogP contribution in [0.25, 0.3) is 10.1 Å². The number of carbonyl (C=O) groups excluding carboxylic acids is 1. The highest BCUT2D eigenvalue weighted by atomic mass is 35.5. The molecule has 0 aliphatic carbocycles. The summed E-state index contributed by atoms with van der Waals surface area (Å²) < 4.78 is 5.86. The molecular formula is C14H11ClN2O2S. The molecule has 3 N–H and O–H groups in total. The van der Waals surface area contributed by atoms with Crippen LogP contribution in [0, 0.1) is 0 Å². The molecular weight excluding hydrogens is 296 g/mol. The van der Waals surface area contributed by atoms with Gasteiger partial charge in [0, 0.05) is 22.2 Å². The molecule has 0 fully saturated rings. The lowest BCUT2D eigenvalue weighted by Crippen LogP contribution is -2.22. The average molecular weight is 307 g/mol. The van der Waals surface area contributed by atoms with Gasteiger partial charge in [-0.25, -0.2) is 0 Å². The number of hydrogen-bond acceptors (Lipinski definition) is 4. The Labute approximate surface area is 124 Å². The van der Waals surface area contributed by atoms with Crippen molar-refractivity contribution >= 4 is 44.6 Å². The first-order valence-corrected chi connectivity index (χ1v) is 7.12. The summed E-state index contributed by atoms with van der Waals surface area (Å²) in [4.78, 5) is 12.7. The molecule has 0 saturated carbocycles. The van der Waals surface area contributed by atoms with Gasteiger partial charge in [0.1, 0.15) is 4.88 Å². The molecule has 2 aromatic heterocycles. The number of anilines is 1. The highest BCUT2D eigenvalue weighted by Crippen LogP contribution is 2.37. The number of halogens is 1. The number of rotatable bonds is 3. The summed E-state index contributed by atoms with van der Waals surface area (Å²) in [5, 5.41) is 4.11. The molecule has 1 amide bonds. The van der Waals surface area contributed by atoms with Crippen molar-refractivity contribution in [3.05, 3.63) is 52.3 Å². The van der Waals surface area contributed by atoms with Crippen LogP contribution >= 0.6 is 22.9 Å². The number of nitrogens with two attached hydrogens (primary N) is 1. The average Bonchev–Trinajstić information content (AvgIpc) is 3.05. The van der Waals surface area contributed by atoms with Crippen LogP contribution in [0.1, 0.15) is 15.2 Å². The van der Waals surface area contributed by atoms with E-state index in [1.165, 1.54) is 11.3 Å². The molecule has 0 aliphatic rings. The van der Waals surface area contributed by atoms with Crippen LogP contribution in [0.3, 0.4) is 0 Å². The number of fused-ring (bicyclic) bond motifs is 1. The Bertz CT molecular complexity index is 765. The fourth-order valence-electron chi connectivity index (χ4n) is 1.95. The van der Waals surface area contributed by atoms with Crippen molar-refractivity contribution in [2.75, 3.05) is 5.73 Å². The van der Waals surface area contributed by atoms with Gasteiger partial charge in [-0.2, -0.15) is 0 Å². The van der Waals surface area contributed by atoms with Crippen molar-refractivity contribution in [1.82, 2.24) is 5.32 Å². The topological polar surface area (TPSA) is 68.3 Å². The molecule has 0 unspecified atom stereocenters. The van der Waals surface area contributed by atoms with Gasteiger partial charge in [-0.1, -0.05) is 17.7 Å². The third-order valence-corrected chi connectivity index (χ3v) is 4.43. The summed E-state index contributed by atoms with van der Waals surface area (Å²) >= 11 is 7.46. The molecule has 0 saturated heterocycles. The molecule has 2 heterocycles. The molecule has 1 aromatic carbocycles. The van der Waals surface area contributed by atoms with Crippen molar-refractivity contribution in [1.29, 1.82) is 0 Å². The SMILES string of the molecule is Nc1c(C(=O)NCc2ccoc2)sc2cccc(Cl)c12. The molecule has 20 heavy (non-hydrogen) atoms. The lowest BCUT2D eigenvalue weighted by molar-refractivity contribution is 0.0956. The van der Waals surface area contributed by atoms with Gasteiger partial charge >= 0.3 is 0 Å². The van der Waals surface area contributed by atoms with Crippen molar-refractivity contribution < 1.29 is 9.21 Å². The first-order chi connectivity index (χ1) is 9.66. The maximum atomic E-state index is 12.2. The van der Waals surface area contributed by atoms with E-state index in [0.717, 1.165) is 15.6 Å². The van der Waals surface area contributed by atoms with Gasteiger partial charge in [0.25, 0.3) is 5.91 Å². The minimum atomic E-state index is -0.207. The molecule has 0 bridgehead atoms. The second kappa shape index (κ2) is 5.19. The molecule has 0 aliphatic heterocycles. The van der Waals surface area contributed by atoms with Gasteiger partial charge < -0.3 is 15.5 Å². The van der Waals surface area contributed by atoms with E-state index in [1.807, 2.05) is 12.1 Å². The van der Waals surface area contributed by atoms with Crippen LogP contribution in [0.4, 0.5) is 5.69 Å². The largest absolute Gasteiger partial charge is 0.472 e. The highest BCUT2D eigenvalue weighted by Gasteiger charge is 2.17. The lowest BCUT2D eigenvalue weighted by Gasteiger charge is -2.02. The Balaban J connectivity index is 1.88. The van der Waals surface area contributed by atoms with Crippen LogP contribution < -0.4 is 11.1 Å². The number of thiophene rings is 1. The lowest BCUT2D eigenvalue weighted by atomic mass is 10.2. The smallest absolute Gasteiger partial charge is 0.263 e. The predicted molar refractivity (Wildman–Crippen MR) is 81.1 cm³/mol. The summed E-state index contributed by atoms with van der Waals surface area (Å²) in [6.07, 6.45) is 3.15. The van der Waals surface area contributed by atoms with Gasteiger partial charge in [-0.05, 0) is 18.2 Å². The van der Waals surface area contributed by atoms with Crippen molar-refractivity contribution in [2.45, 2.75) is 6.54 Å². The Morgan fingerprint density at radius 3 is 2.95 bits per heavy atom. The molecule has 3 aromatic rings. The normalized spacial score (nSPS) is 10.8. The minimum Gasteiger partial charge on any atom is -0.472 e. The number of amides is 1. The Morgan fingerprint density at radius 2 is 2.25 bits per heavy atom. The third-order valence-electron chi connectivity index (χ3n) is 2.94. The Morgan fingerprint density at radius 1 is 1.40 bits per heavy atom. The van der Waals surface area contributed by atoms with E-state index in [1.54, 1.807) is 24.7 Å². The number of furan rings is 1. The predicted octanol–water partition coefficient (Wildman–Crippen LogP) is 3.66. The van der Waals surface area contributed by atoms with E-state index in [9.17, 15) is 4.79 Å². The van der Waals surface area contributed by atoms with E-state index < -0.39 is 0 Å². The van der Waals surface area contributed by atoms with Crippen LogP contribution in [0.15, 0.2) is 41.2 Å². The highest BCUT2D eigenvalue weighted by molar-refractivity contribution is 7.21. The maximum absolute atomic E-state index is 12.2. The summed E-state index contributed by atoms with van der Waals surface area (Å²) in [5.74, 6) is -0.207. The van der Waals surface area contributed by atoms with Crippen molar-refractivity contribution in [3.63, 3.8) is 0 Å².